The fourth-order valence-corrected chi connectivity index (χ4v) is 3.68. The largest absolute Gasteiger partial charge is 0.311 e. The molecule has 2 rings (SSSR count). The zero-order valence-corrected chi connectivity index (χ0v) is 11.5. The van der Waals surface area contributed by atoms with Crippen molar-refractivity contribution in [3.05, 3.63) is 34.6 Å². The van der Waals surface area contributed by atoms with E-state index in [0.717, 1.165) is 12.1 Å². The monoisotopic (exact) mass is 273 g/mol. The minimum absolute atomic E-state index is 0.268. The average molecular weight is 274 g/mol. The van der Waals surface area contributed by atoms with Gasteiger partial charge < -0.3 is 5.32 Å². The summed E-state index contributed by atoms with van der Waals surface area (Å²) in [7, 11) is 0. The molecule has 1 N–H and O–H groups in total. The molecule has 1 unspecified atom stereocenters. The van der Waals surface area contributed by atoms with Crippen LogP contribution in [0.1, 0.15) is 25.3 Å². The van der Waals surface area contributed by atoms with Gasteiger partial charge in [0.25, 0.3) is 0 Å². The molecule has 94 valence electrons. The Bertz CT molecular complexity index is 371. The molecule has 0 aliphatic carbocycles. The number of halogens is 2. The number of hydrogen-bond acceptors (Lipinski definition) is 2. The lowest BCUT2D eigenvalue weighted by molar-refractivity contribution is 0.535. The van der Waals surface area contributed by atoms with Crippen LogP contribution in [0.15, 0.2) is 18.2 Å². The second kappa shape index (κ2) is 5.59. The maximum absolute atomic E-state index is 13.1. The Morgan fingerprint density at radius 3 is 2.94 bits per heavy atom. The first-order valence-electron chi connectivity index (χ1n) is 5.87. The van der Waals surface area contributed by atoms with E-state index < -0.39 is 0 Å². The van der Waals surface area contributed by atoms with Crippen LogP contribution >= 0.6 is 23.4 Å². The van der Waals surface area contributed by atoms with Crippen LogP contribution < -0.4 is 5.32 Å². The van der Waals surface area contributed by atoms with E-state index in [2.05, 4.69) is 12.2 Å². The number of rotatable bonds is 4. The molecule has 1 aromatic rings. The number of nitrogens with one attached hydrogen (secondary N) is 1. The fourth-order valence-electron chi connectivity index (χ4n) is 2.16. The molecule has 0 aromatic heterocycles. The normalized spacial score (nSPS) is 24.2. The lowest BCUT2D eigenvalue weighted by atomic mass is 10.1. The van der Waals surface area contributed by atoms with Crippen LogP contribution in [0.25, 0.3) is 0 Å². The Hall–Kier alpha value is -0.250. The molecule has 1 aliphatic heterocycles. The van der Waals surface area contributed by atoms with Gasteiger partial charge in [-0.2, -0.15) is 11.8 Å². The first kappa shape index (κ1) is 13.2. The van der Waals surface area contributed by atoms with Gasteiger partial charge in [-0.3, -0.25) is 0 Å². The molecular weight excluding hydrogens is 257 g/mol. The molecule has 1 nitrogen and oxygen atoms in total. The SMILES string of the molecule is CC1(CNCc2cc(F)cc(Cl)c2)CCCS1. The van der Waals surface area contributed by atoms with Crippen molar-refractivity contribution in [1.82, 2.24) is 5.32 Å². The Morgan fingerprint density at radius 1 is 1.47 bits per heavy atom. The molecule has 0 amide bonds. The van der Waals surface area contributed by atoms with Crippen molar-refractivity contribution in [1.29, 1.82) is 0 Å². The number of benzene rings is 1. The van der Waals surface area contributed by atoms with Gasteiger partial charge in [-0.25, -0.2) is 4.39 Å². The van der Waals surface area contributed by atoms with Crippen molar-refractivity contribution >= 4 is 23.4 Å². The highest BCUT2D eigenvalue weighted by Crippen LogP contribution is 2.36. The van der Waals surface area contributed by atoms with Crippen molar-refractivity contribution in [2.75, 3.05) is 12.3 Å². The molecule has 1 aliphatic rings. The van der Waals surface area contributed by atoms with E-state index >= 15 is 0 Å². The summed E-state index contributed by atoms with van der Waals surface area (Å²) in [6, 6.07) is 4.67. The summed E-state index contributed by atoms with van der Waals surface area (Å²) in [6.45, 7) is 3.93. The molecule has 1 atom stereocenters. The molecule has 1 heterocycles. The summed E-state index contributed by atoms with van der Waals surface area (Å²) in [5.74, 6) is 0.986. The highest BCUT2D eigenvalue weighted by molar-refractivity contribution is 8.00. The van der Waals surface area contributed by atoms with Crippen LogP contribution in [0.2, 0.25) is 5.02 Å². The van der Waals surface area contributed by atoms with Gasteiger partial charge >= 0.3 is 0 Å². The molecule has 17 heavy (non-hydrogen) atoms. The number of hydrogen-bond donors (Lipinski definition) is 1. The van der Waals surface area contributed by atoms with E-state index in [1.54, 1.807) is 0 Å². The Labute approximate surface area is 111 Å². The van der Waals surface area contributed by atoms with Gasteiger partial charge in [0.1, 0.15) is 5.82 Å². The van der Waals surface area contributed by atoms with Crippen LogP contribution in [0.5, 0.6) is 0 Å². The van der Waals surface area contributed by atoms with E-state index in [-0.39, 0.29) is 5.82 Å². The van der Waals surface area contributed by atoms with Crippen LogP contribution in [-0.2, 0) is 6.54 Å². The summed E-state index contributed by atoms with van der Waals surface area (Å²) in [6.07, 6.45) is 2.56. The van der Waals surface area contributed by atoms with E-state index in [4.69, 9.17) is 11.6 Å². The zero-order chi connectivity index (χ0) is 12.3. The van der Waals surface area contributed by atoms with Gasteiger partial charge in [-0.1, -0.05) is 11.6 Å². The molecule has 0 bridgehead atoms. The first-order chi connectivity index (χ1) is 8.07. The van der Waals surface area contributed by atoms with Gasteiger partial charge in [0.15, 0.2) is 0 Å². The molecule has 1 aromatic carbocycles. The summed E-state index contributed by atoms with van der Waals surface area (Å²) in [5.41, 5.74) is 0.904. The molecule has 4 heteroatoms. The average Bonchev–Trinajstić information content (AvgIpc) is 2.64. The third-order valence-electron chi connectivity index (χ3n) is 3.05. The smallest absolute Gasteiger partial charge is 0.125 e. The lowest BCUT2D eigenvalue weighted by Gasteiger charge is -2.23. The first-order valence-corrected chi connectivity index (χ1v) is 7.23. The predicted octanol–water partition coefficient (Wildman–Crippen LogP) is 3.85. The van der Waals surface area contributed by atoms with Crippen molar-refractivity contribution in [3.63, 3.8) is 0 Å². The minimum atomic E-state index is -0.268. The second-order valence-electron chi connectivity index (χ2n) is 4.78. The molecule has 0 saturated carbocycles. The van der Waals surface area contributed by atoms with Crippen LogP contribution in [0, 0.1) is 5.82 Å². The third kappa shape index (κ3) is 3.87. The standard InChI is InChI=1S/C13H17ClFNS/c1-13(3-2-4-17-13)9-16-8-10-5-11(14)7-12(15)6-10/h5-7,16H,2-4,8-9H2,1H3. The van der Waals surface area contributed by atoms with E-state index in [1.165, 1.54) is 30.7 Å². The maximum atomic E-state index is 13.1. The second-order valence-corrected chi connectivity index (χ2v) is 6.90. The molecule has 0 spiro atoms. The van der Waals surface area contributed by atoms with Gasteiger partial charge in [-0.05, 0) is 49.3 Å². The summed E-state index contributed by atoms with van der Waals surface area (Å²) >= 11 is 7.84. The molecular formula is C13H17ClFNS. The highest BCUT2D eigenvalue weighted by Gasteiger charge is 2.28. The fraction of sp³-hybridized carbons (Fsp3) is 0.538. The van der Waals surface area contributed by atoms with Crippen LogP contribution in [0.4, 0.5) is 4.39 Å². The molecule has 1 fully saturated rings. The topological polar surface area (TPSA) is 12.0 Å². The highest BCUT2D eigenvalue weighted by atomic mass is 35.5. The van der Waals surface area contributed by atoms with E-state index in [9.17, 15) is 4.39 Å². The van der Waals surface area contributed by atoms with Gasteiger partial charge in [0.2, 0.25) is 0 Å². The van der Waals surface area contributed by atoms with Crippen molar-refractivity contribution < 1.29 is 4.39 Å². The Balaban J connectivity index is 1.85. The predicted molar refractivity (Wildman–Crippen MR) is 73.2 cm³/mol. The maximum Gasteiger partial charge on any atom is 0.125 e. The van der Waals surface area contributed by atoms with Gasteiger partial charge in [-0.15, -0.1) is 0 Å². The Morgan fingerprint density at radius 2 is 2.29 bits per heavy atom. The third-order valence-corrected chi connectivity index (χ3v) is 4.81. The zero-order valence-electron chi connectivity index (χ0n) is 9.93. The minimum Gasteiger partial charge on any atom is -0.311 e. The van der Waals surface area contributed by atoms with E-state index in [1.807, 2.05) is 17.8 Å². The van der Waals surface area contributed by atoms with Gasteiger partial charge in [0, 0.05) is 22.9 Å². The molecule has 1 saturated heterocycles. The van der Waals surface area contributed by atoms with Gasteiger partial charge in [0.05, 0.1) is 0 Å². The van der Waals surface area contributed by atoms with Crippen LogP contribution in [-0.4, -0.2) is 17.0 Å². The summed E-state index contributed by atoms with van der Waals surface area (Å²) < 4.78 is 13.5. The van der Waals surface area contributed by atoms with E-state index in [0.29, 0.717) is 16.3 Å². The lowest BCUT2D eigenvalue weighted by Crippen LogP contribution is -2.32. The van der Waals surface area contributed by atoms with Crippen molar-refractivity contribution in [2.45, 2.75) is 31.1 Å². The molecule has 0 radical (unpaired) electrons. The summed E-state index contributed by atoms with van der Waals surface area (Å²) in [4.78, 5) is 0. The van der Waals surface area contributed by atoms with Crippen LogP contribution in [0.3, 0.4) is 0 Å². The Kier molecular flexibility index (Phi) is 4.34. The number of thioether (sulfide) groups is 1. The quantitative estimate of drug-likeness (QED) is 0.894. The van der Waals surface area contributed by atoms with Crippen molar-refractivity contribution in [2.24, 2.45) is 0 Å². The summed E-state index contributed by atoms with van der Waals surface area (Å²) in [5, 5.41) is 3.85. The van der Waals surface area contributed by atoms with Crippen molar-refractivity contribution in [3.8, 4) is 0 Å².